The van der Waals surface area contributed by atoms with Crippen LogP contribution in [-0.4, -0.2) is 34.4 Å². The predicted octanol–water partition coefficient (Wildman–Crippen LogP) is 6.10. The van der Waals surface area contributed by atoms with Gasteiger partial charge in [-0.05, 0) is 77.6 Å². The van der Waals surface area contributed by atoms with E-state index >= 15 is 0 Å². The van der Waals surface area contributed by atoms with E-state index in [0.29, 0.717) is 48.0 Å². The summed E-state index contributed by atoms with van der Waals surface area (Å²) in [5.41, 5.74) is 3.33. The van der Waals surface area contributed by atoms with Crippen LogP contribution in [0, 0.1) is 5.82 Å². The van der Waals surface area contributed by atoms with Gasteiger partial charge >= 0.3 is 6.18 Å². The van der Waals surface area contributed by atoms with Crippen molar-refractivity contribution in [3.63, 3.8) is 0 Å². The summed E-state index contributed by atoms with van der Waals surface area (Å²) in [4.78, 5) is 23.8. The molecule has 2 aromatic heterocycles. The summed E-state index contributed by atoms with van der Waals surface area (Å²) in [6.45, 7) is 0.970. The molecule has 0 saturated heterocycles. The number of hydrogen-bond acceptors (Lipinski definition) is 4. The lowest BCUT2D eigenvalue weighted by atomic mass is 9.94. The molecule has 0 atom stereocenters. The average Bonchev–Trinajstić information content (AvgIpc) is 2.90. The number of ether oxygens (including phenoxy) is 1. The van der Waals surface area contributed by atoms with Crippen molar-refractivity contribution < 1.29 is 27.1 Å². The van der Waals surface area contributed by atoms with Gasteiger partial charge in [-0.25, -0.2) is 4.39 Å². The van der Waals surface area contributed by atoms with Gasteiger partial charge < -0.3 is 9.64 Å². The van der Waals surface area contributed by atoms with Crippen LogP contribution in [0.2, 0.25) is 0 Å². The van der Waals surface area contributed by atoms with Crippen LogP contribution in [-0.2, 0) is 25.6 Å². The Bertz CT molecular complexity index is 1490. The third kappa shape index (κ3) is 5.37. The van der Waals surface area contributed by atoms with E-state index in [1.165, 1.54) is 6.20 Å². The standard InChI is InChI=1S/C29H23F4N3O2/c1-38-24-4-2-18(3-5-24)17-36-9-7-25-26(28(36)37)6-8-35-27(25)21-11-20(15-34-16-21)10-19-12-22(29(31,32)33)14-23(30)13-19/h2-6,8,11-16H,7,9-10,17H2,1H3. The molecule has 0 bridgehead atoms. The molecule has 2 aromatic carbocycles. The lowest BCUT2D eigenvalue weighted by molar-refractivity contribution is -0.137. The zero-order valence-corrected chi connectivity index (χ0v) is 20.4. The van der Waals surface area contributed by atoms with Gasteiger partial charge in [0.2, 0.25) is 0 Å². The van der Waals surface area contributed by atoms with Crippen molar-refractivity contribution in [2.45, 2.75) is 25.6 Å². The molecule has 5 rings (SSSR count). The van der Waals surface area contributed by atoms with E-state index in [9.17, 15) is 22.4 Å². The number of alkyl halides is 3. The van der Waals surface area contributed by atoms with Crippen molar-refractivity contribution >= 4 is 5.91 Å². The molecule has 194 valence electrons. The summed E-state index contributed by atoms with van der Waals surface area (Å²) < 4.78 is 58.4. The second-order valence-electron chi connectivity index (χ2n) is 9.12. The molecule has 3 heterocycles. The van der Waals surface area contributed by atoms with Gasteiger partial charge in [-0.15, -0.1) is 0 Å². The molecule has 38 heavy (non-hydrogen) atoms. The maximum Gasteiger partial charge on any atom is 0.416 e. The van der Waals surface area contributed by atoms with E-state index in [1.54, 1.807) is 36.5 Å². The van der Waals surface area contributed by atoms with E-state index < -0.39 is 17.6 Å². The van der Waals surface area contributed by atoms with Crippen molar-refractivity contribution in [1.82, 2.24) is 14.9 Å². The monoisotopic (exact) mass is 521 g/mol. The van der Waals surface area contributed by atoms with E-state index in [-0.39, 0.29) is 17.9 Å². The summed E-state index contributed by atoms with van der Waals surface area (Å²) in [5, 5.41) is 0. The number of carbonyl (C=O) groups is 1. The number of rotatable bonds is 6. The van der Waals surface area contributed by atoms with E-state index in [4.69, 9.17) is 4.74 Å². The molecule has 9 heteroatoms. The molecule has 0 aliphatic carbocycles. The van der Waals surface area contributed by atoms with Crippen molar-refractivity contribution in [2.75, 3.05) is 13.7 Å². The minimum atomic E-state index is -4.64. The first-order valence-electron chi connectivity index (χ1n) is 11.9. The van der Waals surface area contributed by atoms with Crippen molar-refractivity contribution in [2.24, 2.45) is 0 Å². The highest BCUT2D eigenvalue weighted by Crippen LogP contribution is 2.32. The average molecular weight is 522 g/mol. The Morgan fingerprint density at radius 1 is 0.974 bits per heavy atom. The van der Waals surface area contributed by atoms with Gasteiger partial charge in [0, 0.05) is 42.8 Å². The van der Waals surface area contributed by atoms with Gasteiger partial charge in [-0.2, -0.15) is 13.2 Å². The van der Waals surface area contributed by atoms with Crippen LogP contribution >= 0.6 is 0 Å². The third-order valence-electron chi connectivity index (χ3n) is 6.50. The van der Waals surface area contributed by atoms with Crippen LogP contribution in [0.15, 0.2) is 73.2 Å². The normalized spacial score (nSPS) is 13.4. The van der Waals surface area contributed by atoms with Crippen molar-refractivity contribution in [1.29, 1.82) is 0 Å². The fraction of sp³-hybridized carbons (Fsp3) is 0.207. The Morgan fingerprint density at radius 2 is 1.76 bits per heavy atom. The zero-order chi connectivity index (χ0) is 26.9. The molecule has 1 amide bonds. The summed E-state index contributed by atoms with van der Waals surface area (Å²) in [7, 11) is 1.60. The Kier molecular flexibility index (Phi) is 6.84. The summed E-state index contributed by atoms with van der Waals surface area (Å²) in [6.07, 6.45) is 0.705. The van der Waals surface area contributed by atoms with Gasteiger partial charge in [0.1, 0.15) is 11.6 Å². The third-order valence-corrected chi connectivity index (χ3v) is 6.50. The smallest absolute Gasteiger partial charge is 0.416 e. The number of carbonyl (C=O) groups excluding carboxylic acids is 1. The summed E-state index contributed by atoms with van der Waals surface area (Å²) >= 11 is 0. The van der Waals surface area contributed by atoms with Crippen molar-refractivity contribution in [3.05, 3.63) is 112 Å². The van der Waals surface area contributed by atoms with Crippen LogP contribution < -0.4 is 4.74 Å². The molecule has 0 unspecified atom stereocenters. The second kappa shape index (κ2) is 10.2. The highest BCUT2D eigenvalue weighted by molar-refractivity contribution is 5.98. The second-order valence-corrected chi connectivity index (χ2v) is 9.12. The van der Waals surface area contributed by atoms with Gasteiger partial charge in [0.15, 0.2) is 0 Å². The molecule has 1 aliphatic rings. The minimum absolute atomic E-state index is 0.0608. The first kappa shape index (κ1) is 25.4. The number of fused-ring (bicyclic) bond motifs is 1. The first-order valence-corrected chi connectivity index (χ1v) is 11.9. The lowest BCUT2D eigenvalue weighted by Gasteiger charge is -2.29. The van der Waals surface area contributed by atoms with Gasteiger partial charge in [0.25, 0.3) is 5.91 Å². The quantitative estimate of drug-likeness (QED) is 0.288. The SMILES string of the molecule is COc1ccc(CN2CCc3c(ccnc3-c3cncc(Cc4cc(F)cc(C(F)(F)F)c4)c3)C2=O)cc1. The highest BCUT2D eigenvalue weighted by Gasteiger charge is 2.31. The minimum Gasteiger partial charge on any atom is -0.497 e. The predicted molar refractivity (Wildman–Crippen MR) is 133 cm³/mol. The van der Waals surface area contributed by atoms with Crippen LogP contribution in [0.4, 0.5) is 17.6 Å². The number of halogens is 4. The molecule has 5 nitrogen and oxygen atoms in total. The number of nitrogens with zero attached hydrogens (tertiary/aromatic N) is 3. The Labute approximate surface area is 216 Å². The molecule has 0 spiro atoms. The number of amides is 1. The Hall–Kier alpha value is -4.27. The molecular weight excluding hydrogens is 498 g/mol. The summed E-state index contributed by atoms with van der Waals surface area (Å²) in [5.74, 6) is -0.307. The molecular formula is C29H23F4N3O2. The molecule has 0 saturated carbocycles. The van der Waals surface area contributed by atoms with Gasteiger partial charge in [-0.3, -0.25) is 14.8 Å². The number of benzene rings is 2. The van der Waals surface area contributed by atoms with Crippen LogP contribution in [0.3, 0.4) is 0 Å². The fourth-order valence-corrected chi connectivity index (χ4v) is 4.68. The molecule has 0 radical (unpaired) electrons. The van der Waals surface area contributed by atoms with Crippen LogP contribution in [0.5, 0.6) is 5.75 Å². The highest BCUT2D eigenvalue weighted by atomic mass is 19.4. The van der Waals surface area contributed by atoms with E-state index in [0.717, 1.165) is 29.0 Å². The Morgan fingerprint density at radius 3 is 2.50 bits per heavy atom. The fourth-order valence-electron chi connectivity index (χ4n) is 4.68. The summed E-state index contributed by atoms with van der Waals surface area (Å²) in [6, 6.07) is 13.5. The topological polar surface area (TPSA) is 55.3 Å². The first-order chi connectivity index (χ1) is 18.2. The number of hydrogen-bond donors (Lipinski definition) is 0. The maximum absolute atomic E-state index is 13.9. The van der Waals surface area contributed by atoms with Crippen molar-refractivity contribution in [3.8, 4) is 17.0 Å². The molecule has 4 aromatic rings. The molecule has 0 N–H and O–H groups in total. The Balaban J connectivity index is 1.39. The molecule has 0 fully saturated rings. The number of pyridine rings is 2. The zero-order valence-electron chi connectivity index (χ0n) is 20.4. The van der Waals surface area contributed by atoms with E-state index in [2.05, 4.69) is 9.97 Å². The lowest BCUT2D eigenvalue weighted by Crippen LogP contribution is -2.37. The van der Waals surface area contributed by atoms with Crippen LogP contribution in [0.1, 0.15) is 38.2 Å². The van der Waals surface area contributed by atoms with Crippen LogP contribution in [0.25, 0.3) is 11.3 Å². The molecule has 1 aliphatic heterocycles. The van der Waals surface area contributed by atoms with E-state index in [1.807, 2.05) is 24.3 Å². The number of aromatic nitrogens is 2. The number of methoxy groups -OCH3 is 1. The van der Waals surface area contributed by atoms with Gasteiger partial charge in [0.05, 0.1) is 18.4 Å². The maximum atomic E-state index is 13.9. The largest absolute Gasteiger partial charge is 0.497 e. The van der Waals surface area contributed by atoms with Gasteiger partial charge in [-0.1, -0.05) is 12.1 Å².